The van der Waals surface area contributed by atoms with Crippen LogP contribution in [0, 0.1) is 0 Å². The SMILES string of the molecule is CC(CCc1ccco1)NC(=O)c1ccc(C(=O)O)o1. The number of aromatic carboxylic acids is 1. The van der Waals surface area contributed by atoms with E-state index in [9.17, 15) is 9.59 Å². The lowest BCUT2D eigenvalue weighted by molar-refractivity contribution is 0.0659. The standard InChI is InChI=1S/C14H15NO5/c1-9(4-5-10-3-2-8-19-10)15-13(16)11-6-7-12(20-11)14(17)18/h2-3,6-9H,4-5H2,1H3,(H,15,16)(H,17,18). The van der Waals surface area contributed by atoms with E-state index in [4.69, 9.17) is 13.9 Å². The summed E-state index contributed by atoms with van der Waals surface area (Å²) >= 11 is 0. The van der Waals surface area contributed by atoms with Crippen LogP contribution in [0.4, 0.5) is 0 Å². The lowest BCUT2D eigenvalue weighted by Gasteiger charge is -2.11. The first-order valence-corrected chi connectivity index (χ1v) is 6.22. The van der Waals surface area contributed by atoms with E-state index in [-0.39, 0.29) is 17.6 Å². The van der Waals surface area contributed by atoms with Crippen molar-refractivity contribution in [3.63, 3.8) is 0 Å². The molecule has 0 spiro atoms. The highest BCUT2D eigenvalue weighted by Gasteiger charge is 2.16. The van der Waals surface area contributed by atoms with Gasteiger partial charge >= 0.3 is 5.97 Å². The topological polar surface area (TPSA) is 92.7 Å². The number of nitrogens with one attached hydrogen (secondary N) is 1. The Kier molecular flexibility index (Phi) is 4.24. The number of carboxylic acid groups (broad SMARTS) is 1. The van der Waals surface area contributed by atoms with Crippen molar-refractivity contribution >= 4 is 11.9 Å². The van der Waals surface area contributed by atoms with Gasteiger partial charge in [-0.15, -0.1) is 0 Å². The second kappa shape index (κ2) is 6.10. The lowest BCUT2D eigenvalue weighted by atomic mass is 10.1. The summed E-state index contributed by atoms with van der Waals surface area (Å²) in [5, 5.41) is 11.5. The maximum atomic E-state index is 11.8. The molecule has 1 atom stereocenters. The minimum Gasteiger partial charge on any atom is -0.475 e. The number of rotatable bonds is 6. The molecule has 0 radical (unpaired) electrons. The molecule has 0 saturated carbocycles. The van der Waals surface area contributed by atoms with Crippen LogP contribution in [0.25, 0.3) is 0 Å². The fraction of sp³-hybridized carbons (Fsp3) is 0.286. The number of hydrogen-bond donors (Lipinski definition) is 2. The number of hydrogen-bond acceptors (Lipinski definition) is 4. The quantitative estimate of drug-likeness (QED) is 0.845. The second-order valence-corrected chi connectivity index (χ2v) is 4.46. The van der Waals surface area contributed by atoms with Crippen LogP contribution >= 0.6 is 0 Å². The normalized spacial score (nSPS) is 12.1. The van der Waals surface area contributed by atoms with Crippen LogP contribution in [-0.4, -0.2) is 23.0 Å². The van der Waals surface area contributed by atoms with Gasteiger partial charge in [-0.3, -0.25) is 4.79 Å². The smallest absolute Gasteiger partial charge is 0.371 e. The molecular formula is C14H15NO5. The van der Waals surface area contributed by atoms with Gasteiger partial charge in [-0.1, -0.05) is 0 Å². The van der Waals surface area contributed by atoms with Gasteiger partial charge in [0.15, 0.2) is 5.76 Å². The number of aryl methyl sites for hydroxylation is 1. The third kappa shape index (κ3) is 3.50. The molecular weight excluding hydrogens is 262 g/mol. The Balaban J connectivity index is 1.85. The second-order valence-electron chi connectivity index (χ2n) is 4.46. The number of carboxylic acids is 1. The van der Waals surface area contributed by atoms with E-state index in [1.165, 1.54) is 12.1 Å². The number of carbonyl (C=O) groups is 2. The zero-order valence-electron chi connectivity index (χ0n) is 11.0. The minimum absolute atomic E-state index is 0.00718. The van der Waals surface area contributed by atoms with Crippen LogP contribution in [0.5, 0.6) is 0 Å². The molecule has 0 aromatic carbocycles. The van der Waals surface area contributed by atoms with E-state index in [1.807, 2.05) is 19.1 Å². The summed E-state index contributed by atoms with van der Waals surface area (Å²) in [7, 11) is 0. The Morgan fingerprint density at radius 2 is 2.05 bits per heavy atom. The van der Waals surface area contributed by atoms with E-state index in [1.54, 1.807) is 6.26 Å². The fourth-order valence-corrected chi connectivity index (χ4v) is 1.76. The lowest BCUT2D eigenvalue weighted by Crippen LogP contribution is -2.32. The predicted molar refractivity (Wildman–Crippen MR) is 69.6 cm³/mol. The van der Waals surface area contributed by atoms with Crippen molar-refractivity contribution < 1.29 is 23.5 Å². The van der Waals surface area contributed by atoms with Crippen LogP contribution in [0.15, 0.2) is 39.4 Å². The Morgan fingerprint density at radius 1 is 1.30 bits per heavy atom. The van der Waals surface area contributed by atoms with E-state index < -0.39 is 11.9 Å². The first-order chi connectivity index (χ1) is 9.56. The van der Waals surface area contributed by atoms with Gasteiger partial charge in [0.2, 0.25) is 5.76 Å². The zero-order chi connectivity index (χ0) is 14.5. The highest BCUT2D eigenvalue weighted by Crippen LogP contribution is 2.09. The summed E-state index contributed by atoms with van der Waals surface area (Å²) < 4.78 is 10.1. The number of carbonyl (C=O) groups excluding carboxylic acids is 1. The van der Waals surface area contributed by atoms with Gasteiger partial charge in [-0.2, -0.15) is 0 Å². The molecule has 6 heteroatoms. The van der Waals surface area contributed by atoms with Gasteiger partial charge in [-0.25, -0.2) is 4.79 Å². The van der Waals surface area contributed by atoms with E-state index in [0.717, 1.165) is 5.76 Å². The highest BCUT2D eigenvalue weighted by molar-refractivity contribution is 5.93. The predicted octanol–water partition coefficient (Wildman–Crippen LogP) is 2.32. The molecule has 2 N–H and O–H groups in total. The summed E-state index contributed by atoms with van der Waals surface area (Å²) in [6.07, 6.45) is 3.04. The van der Waals surface area contributed by atoms with Gasteiger partial charge in [0.25, 0.3) is 5.91 Å². The van der Waals surface area contributed by atoms with E-state index in [0.29, 0.717) is 12.8 Å². The molecule has 1 unspecified atom stereocenters. The van der Waals surface area contributed by atoms with Crippen molar-refractivity contribution in [2.24, 2.45) is 0 Å². The first-order valence-electron chi connectivity index (χ1n) is 6.22. The van der Waals surface area contributed by atoms with Crippen molar-refractivity contribution in [1.29, 1.82) is 0 Å². The minimum atomic E-state index is -1.20. The molecule has 0 aliphatic heterocycles. The molecule has 0 aliphatic carbocycles. The molecule has 0 saturated heterocycles. The molecule has 2 rings (SSSR count). The molecule has 6 nitrogen and oxygen atoms in total. The molecule has 2 aromatic rings. The van der Waals surface area contributed by atoms with Crippen LogP contribution in [-0.2, 0) is 6.42 Å². The van der Waals surface area contributed by atoms with Crippen molar-refractivity contribution in [1.82, 2.24) is 5.32 Å². The number of amides is 1. The Hall–Kier alpha value is -2.50. The van der Waals surface area contributed by atoms with Crippen molar-refractivity contribution in [2.75, 3.05) is 0 Å². The average Bonchev–Trinajstić information content (AvgIpc) is 3.07. The number of furan rings is 2. The van der Waals surface area contributed by atoms with E-state index >= 15 is 0 Å². The molecule has 0 aliphatic rings. The molecule has 1 amide bonds. The average molecular weight is 277 g/mol. The fourth-order valence-electron chi connectivity index (χ4n) is 1.76. The third-order valence-corrected chi connectivity index (χ3v) is 2.82. The van der Waals surface area contributed by atoms with Crippen LogP contribution in [0.2, 0.25) is 0 Å². The van der Waals surface area contributed by atoms with Gasteiger partial charge in [-0.05, 0) is 37.6 Å². The van der Waals surface area contributed by atoms with Gasteiger partial charge in [0, 0.05) is 12.5 Å². The Bertz CT molecular complexity index is 584. The van der Waals surface area contributed by atoms with Crippen LogP contribution in [0.3, 0.4) is 0 Å². The largest absolute Gasteiger partial charge is 0.475 e. The summed E-state index contributed by atoms with van der Waals surface area (Å²) in [6.45, 7) is 1.86. The Morgan fingerprint density at radius 3 is 2.65 bits per heavy atom. The Labute approximate surface area is 115 Å². The molecule has 0 bridgehead atoms. The van der Waals surface area contributed by atoms with Crippen molar-refractivity contribution in [3.8, 4) is 0 Å². The van der Waals surface area contributed by atoms with Gasteiger partial charge in [0.05, 0.1) is 6.26 Å². The summed E-state index contributed by atoms with van der Waals surface area (Å²) in [6, 6.07) is 6.21. The summed E-state index contributed by atoms with van der Waals surface area (Å²) in [5.74, 6) is -1.03. The first kappa shape index (κ1) is 13.9. The maximum absolute atomic E-state index is 11.8. The van der Waals surface area contributed by atoms with Crippen LogP contribution in [0.1, 0.15) is 40.2 Å². The molecule has 0 fully saturated rings. The van der Waals surface area contributed by atoms with Gasteiger partial charge < -0.3 is 19.3 Å². The molecule has 2 heterocycles. The highest BCUT2D eigenvalue weighted by atomic mass is 16.4. The zero-order valence-corrected chi connectivity index (χ0v) is 11.0. The third-order valence-electron chi connectivity index (χ3n) is 2.82. The monoisotopic (exact) mass is 277 g/mol. The van der Waals surface area contributed by atoms with Crippen molar-refractivity contribution in [2.45, 2.75) is 25.8 Å². The molecule has 20 heavy (non-hydrogen) atoms. The molecule has 106 valence electrons. The van der Waals surface area contributed by atoms with Gasteiger partial charge in [0.1, 0.15) is 5.76 Å². The summed E-state index contributed by atoms with van der Waals surface area (Å²) in [4.78, 5) is 22.5. The summed E-state index contributed by atoms with van der Waals surface area (Å²) in [5.41, 5.74) is 0. The molecule has 2 aromatic heterocycles. The van der Waals surface area contributed by atoms with E-state index in [2.05, 4.69) is 5.32 Å². The van der Waals surface area contributed by atoms with Crippen LogP contribution < -0.4 is 5.32 Å². The van der Waals surface area contributed by atoms with Crippen molar-refractivity contribution in [3.05, 3.63) is 47.8 Å². The maximum Gasteiger partial charge on any atom is 0.371 e.